The average molecular weight is 171 g/mol. The quantitative estimate of drug-likeness (QED) is 0.577. The highest BCUT2D eigenvalue weighted by Gasteiger charge is 2.41. The van der Waals surface area contributed by atoms with Gasteiger partial charge < -0.3 is 14.8 Å². The molecule has 1 N–H and O–H groups in total. The van der Waals surface area contributed by atoms with Gasteiger partial charge in [-0.3, -0.25) is 0 Å². The van der Waals surface area contributed by atoms with Gasteiger partial charge in [-0.1, -0.05) is 0 Å². The highest BCUT2D eigenvalue weighted by atomic mass is 16.6. The molecule has 2 aliphatic rings. The molecule has 0 bridgehead atoms. The van der Waals surface area contributed by atoms with Gasteiger partial charge in [0.05, 0.1) is 12.7 Å². The van der Waals surface area contributed by atoms with E-state index < -0.39 is 0 Å². The summed E-state index contributed by atoms with van der Waals surface area (Å²) in [5.74, 6) is 0. The maximum atomic E-state index is 5.96. The molecule has 0 radical (unpaired) electrons. The minimum atomic E-state index is -0.00801. The van der Waals surface area contributed by atoms with E-state index in [4.69, 9.17) is 9.47 Å². The zero-order valence-corrected chi connectivity index (χ0v) is 7.80. The molecule has 12 heavy (non-hydrogen) atoms. The molecule has 0 aromatic carbocycles. The van der Waals surface area contributed by atoms with Crippen LogP contribution >= 0.6 is 0 Å². The Kier molecular flexibility index (Phi) is 2.10. The van der Waals surface area contributed by atoms with Crippen LogP contribution in [0.2, 0.25) is 0 Å². The molecule has 0 aromatic heterocycles. The van der Waals surface area contributed by atoms with E-state index in [-0.39, 0.29) is 5.60 Å². The molecule has 3 atom stereocenters. The molecule has 3 nitrogen and oxygen atoms in total. The van der Waals surface area contributed by atoms with Crippen molar-refractivity contribution in [2.75, 3.05) is 19.8 Å². The van der Waals surface area contributed by atoms with Crippen LogP contribution in [-0.4, -0.2) is 37.5 Å². The molecule has 3 heteroatoms. The van der Waals surface area contributed by atoms with Crippen molar-refractivity contribution < 1.29 is 9.47 Å². The number of rotatable bonds is 0. The van der Waals surface area contributed by atoms with Crippen molar-refractivity contribution in [1.29, 1.82) is 0 Å². The Balaban J connectivity index is 2.01. The Bertz CT molecular complexity index is 166. The summed E-state index contributed by atoms with van der Waals surface area (Å²) in [6, 6.07) is 0.469. The van der Waals surface area contributed by atoms with E-state index in [1.54, 1.807) is 0 Å². The lowest BCUT2D eigenvalue weighted by Crippen LogP contribution is -2.57. The van der Waals surface area contributed by atoms with Crippen LogP contribution in [0.3, 0.4) is 0 Å². The lowest BCUT2D eigenvalue weighted by molar-refractivity contribution is -0.124. The van der Waals surface area contributed by atoms with E-state index in [2.05, 4.69) is 19.2 Å². The molecule has 0 aliphatic carbocycles. The predicted molar refractivity (Wildman–Crippen MR) is 46.2 cm³/mol. The van der Waals surface area contributed by atoms with E-state index in [0.29, 0.717) is 12.1 Å². The summed E-state index contributed by atoms with van der Waals surface area (Å²) in [5.41, 5.74) is -0.00801. The Morgan fingerprint density at radius 2 is 2.25 bits per heavy atom. The highest BCUT2D eigenvalue weighted by molar-refractivity contribution is 4.93. The second-order valence-corrected chi connectivity index (χ2v) is 3.98. The molecular weight excluding hydrogens is 154 g/mol. The van der Waals surface area contributed by atoms with Crippen LogP contribution < -0.4 is 5.32 Å². The number of ether oxygens (including phenoxy) is 2. The first-order valence-corrected chi connectivity index (χ1v) is 4.71. The number of nitrogens with one attached hydrogen (secondary N) is 1. The minimum Gasteiger partial charge on any atom is -0.378 e. The van der Waals surface area contributed by atoms with E-state index in [1.807, 2.05) is 0 Å². The number of hydrogen-bond donors (Lipinski definition) is 1. The number of hydrogen-bond acceptors (Lipinski definition) is 3. The average Bonchev–Trinajstić information content (AvgIpc) is 2.47. The highest BCUT2D eigenvalue weighted by Crippen LogP contribution is 2.27. The molecule has 2 fully saturated rings. The van der Waals surface area contributed by atoms with Crippen molar-refractivity contribution in [3.63, 3.8) is 0 Å². The lowest BCUT2D eigenvalue weighted by Gasteiger charge is -2.40. The Hall–Kier alpha value is -0.120. The van der Waals surface area contributed by atoms with Gasteiger partial charge in [-0.2, -0.15) is 0 Å². The van der Waals surface area contributed by atoms with Crippen LogP contribution in [0.4, 0.5) is 0 Å². The van der Waals surface area contributed by atoms with Crippen LogP contribution in [0.1, 0.15) is 20.3 Å². The van der Waals surface area contributed by atoms with Crippen LogP contribution in [-0.2, 0) is 9.47 Å². The van der Waals surface area contributed by atoms with Gasteiger partial charge in [0, 0.05) is 25.6 Å². The van der Waals surface area contributed by atoms with Crippen LogP contribution in [0, 0.1) is 0 Å². The van der Waals surface area contributed by atoms with E-state index in [0.717, 1.165) is 26.2 Å². The summed E-state index contributed by atoms with van der Waals surface area (Å²) in [7, 11) is 0. The third-order valence-corrected chi connectivity index (χ3v) is 2.95. The molecule has 1 spiro atoms. The Morgan fingerprint density at radius 1 is 1.42 bits per heavy atom. The first-order chi connectivity index (χ1) is 5.72. The second-order valence-electron chi connectivity index (χ2n) is 3.98. The molecule has 2 heterocycles. The fraction of sp³-hybridized carbons (Fsp3) is 1.00. The Morgan fingerprint density at radius 3 is 2.83 bits per heavy atom. The maximum Gasteiger partial charge on any atom is 0.106 e. The van der Waals surface area contributed by atoms with Gasteiger partial charge in [-0.25, -0.2) is 0 Å². The zero-order valence-electron chi connectivity index (χ0n) is 7.80. The smallest absolute Gasteiger partial charge is 0.106 e. The maximum absolute atomic E-state index is 5.96. The molecule has 2 aliphatic heterocycles. The van der Waals surface area contributed by atoms with Gasteiger partial charge in [-0.15, -0.1) is 0 Å². The molecule has 3 unspecified atom stereocenters. The zero-order chi connectivity index (χ0) is 8.60. The molecule has 2 saturated heterocycles. The first kappa shape index (κ1) is 8.48. The van der Waals surface area contributed by atoms with Gasteiger partial charge in [0.1, 0.15) is 5.60 Å². The van der Waals surface area contributed by atoms with Gasteiger partial charge in [0.25, 0.3) is 0 Å². The van der Waals surface area contributed by atoms with Crippen molar-refractivity contribution >= 4 is 0 Å². The summed E-state index contributed by atoms with van der Waals surface area (Å²) >= 11 is 0. The first-order valence-electron chi connectivity index (χ1n) is 4.71. The summed E-state index contributed by atoms with van der Waals surface area (Å²) in [6.45, 7) is 6.84. The molecule has 0 amide bonds. The van der Waals surface area contributed by atoms with E-state index in [9.17, 15) is 0 Å². The molecule has 0 saturated carbocycles. The predicted octanol–water partition coefficient (Wildman–Crippen LogP) is 0.542. The number of morpholine rings is 1. The second kappa shape index (κ2) is 2.98. The molecule has 2 rings (SSSR count). The van der Waals surface area contributed by atoms with Crippen molar-refractivity contribution in [2.24, 2.45) is 0 Å². The topological polar surface area (TPSA) is 30.5 Å². The molecular formula is C9H17NO2. The summed E-state index contributed by atoms with van der Waals surface area (Å²) in [4.78, 5) is 0. The van der Waals surface area contributed by atoms with E-state index in [1.165, 1.54) is 0 Å². The largest absolute Gasteiger partial charge is 0.378 e. The van der Waals surface area contributed by atoms with Gasteiger partial charge in [0.2, 0.25) is 0 Å². The van der Waals surface area contributed by atoms with Gasteiger partial charge >= 0.3 is 0 Å². The summed E-state index contributed by atoms with van der Waals surface area (Å²) in [5, 5.41) is 3.46. The van der Waals surface area contributed by atoms with E-state index >= 15 is 0 Å². The lowest BCUT2D eigenvalue weighted by atomic mass is 9.98. The van der Waals surface area contributed by atoms with Crippen molar-refractivity contribution in [2.45, 2.75) is 38.0 Å². The third kappa shape index (κ3) is 1.37. The fourth-order valence-electron chi connectivity index (χ4n) is 1.87. The van der Waals surface area contributed by atoms with Crippen LogP contribution in [0.5, 0.6) is 0 Å². The van der Waals surface area contributed by atoms with Gasteiger partial charge in [-0.05, 0) is 13.8 Å². The summed E-state index contributed by atoms with van der Waals surface area (Å²) < 4.78 is 11.3. The monoisotopic (exact) mass is 171 g/mol. The minimum absolute atomic E-state index is 0.00801. The fourth-order valence-corrected chi connectivity index (χ4v) is 1.87. The van der Waals surface area contributed by atoms with Crippen LogP contribution in [0.25, 0.3) is 0 Å². The normalized spacial score (nSPS) is 48.5. The van der Waals surface area contributed by atoms with Crippen molar-refractivity contribution in [1.82, 2.24) is 5.32 Å². The molecule has 70 valence electrons. The SMILES string of the molecule is CC1NCC2(CCOC2)OC1C. The standard InChI is InChI=1S/C9H17NO2/c1-7-8(2)12-9(5-10-7)3-4-11-6-9/h7-8,10H,3-6H2,1-2H3. The summed E-state index contributed by atoms with van der Waals surface area (Å²) in [6.07, 6.45) is 1.34. The third-order valence-electron chi connectivity index (χ3n) is 2.95. The van der Waals surface area contributed by atoms with Crippen LogP contribution in [0.15, 0.2) is 0 Å². The van der Waals surface area contributed by atoms with Crippen molar-refractivity contribution in [3.8, 4) is 0 Å². The van der Waals surface area contributed by atoms with Crippen molar-refractivity contribution in [3.05, 3.63) is 0 Å². The molecule has 0 aromatic rings. The Labute approximate surface area is 73.4 Å². The van der Waals surface area contributed by atoms with Gasteiger partial charge in [0.15, 0.2) is 0 Å².